The first-order chi connectivity index (χ1) is 8.70. The average Bonchev–Trinajstić information content (AvgIpc) is 2.40. The molecule has 3 heteroatoms. The van der Waals surface area contributed by atoms with Crippen LogP contribution in [-0.2, 0) is 6.42 Å². The molecule has 2 aromatic rings. The van der Waals surface area contributed by atoms with Gasteiger partial charge in [-0.15, -0.1) is 0 Å². The van der Waals surface area contributed by atoms with E-state index in [0.29, 0.717) is 5.46 Å². The van der Waals surface area contributed by atoms with Crippen LogP contribution >= 0.6 is 0 Å². The molecule has 18 heavy (non-hydrogen) atoms. The summed E-state index contributed by atoms with van der Waals surface area (Å²) in [4.78, 5) is 0. The molecule has 2 rings (SSSR count). The lowest BCUT2D eigenvalue weighted by Crippen LogP contribution is -2.29. The van der Waals surface area contributed by atoms with Crippen molar-refractivity contribution >= 4 is 12.6 Å². The molecule has 0 saturated carbocycles. The second-order valence-corrected chi connectivity index (χ2v) is 4.44. The average molecular weight is 240 g/mol. The van der Waals surface area contributed by atoms with E-state index >= 15 is 0 Å². The third-order valence-corrected chi connectivity index (χ3v) is 3.03. The molecular formula is C15H17BO2. The van der Waals surface area contributed by atoms with Crippen molar-refractivity contribution in [3.8, 4) is 11.1 Å². The maximum absolute atomic E-state index is 9.04. The topological polar surface area (TPSA) is 40.5 Å². The van der Waals surface area contributed by atoms with Crippen LogP contribution in [-0.4, -0.2) is 17.2 Å². The first-order valence-corrected chi connectivity index (χ1v) is 6.26. The number of benzene rings is 2. The van der Waals surface area contributed by atoms with Crippen LogP contribution in [0.4, 0.5) is 0 Å². The molecule has 2 N–H and O–H groups in total. The first-order valence-electron chi connectivity index (χ1n) is 6.26. The van der Waals surface area contributed by atoms with Gasteiger partial charge in [0.15, 0.2) is 0 Å². The highest BCUT2D eigenvalue weighted by atomic mass is 16.4. The van der Waals surface area contributed by atoms with E-state index in [9.17, 15) is 0 Å². The maximum Gasteiger partial charge on any atom is 0.488 e. The van der Waals surface area contributed by atoms with E-state index in [-0.39, 0.29) is 0 Å². The van der Waals surface area contributed by atoms with E-state index in [4.69, 9.17) is 10.0 Å². The van der Waals surface area contributed by atoms with Crippen molar-refractivity contribution in [2.24, 2.45) is 0 Å². The number of hydrogen-bond acceptors (Lipinski definition) is 2. The van der Waals surface area contributed by atoms with Gasteiger partial charge in [0, 0.05) is 0 Å². The first kappa shape index (κ1) is 12.9. The molecule has 0 saturated heterocycles. The summed E-state index contributed by atoms with van der Waals surface area (Å²) >= 11 is 0. The molecule has 0 fully saturated rings. The minimum atomic E-state index is -1.40. The van der Waals surface area contributed by atoms with Gasteiger partial charge in [0.2, 0.25) is 0 Å². The molecule has 0 amide bonds. The van der Waals surface area contributed by atoms with Crippen LogP contribution in [0.2, 0.25) is 0 Å². The van der Waals surface area contributed by atoms with E-state index in [0.717, 1.165) is 24.0 Å². The molecule has 92 valence electrons. The van der Waals surface area contributed by atoms with Gasteiger partial charge >= 0.3 is 7.12 Å². The lowest BCUT2D eigenvalue weighted by atomic mass is 9.80. The predicted molar refractivity (Wildman–Crippen MR) is 75.7 cm³/mol. The van der Waals surface area contributed by atoms with Gasteiger partial charge in [-0.1, -0.05) is 61.9 Å². The van der Waals surface area contributed by atoms with Crippen LogP contribution in [0.5, 0.6) is 0 Å². The second-order valence-electron chi connectivity index (χ2n) is 4.44. The van der Waals surface area contributed by atoms with Crippen LogP contribution in [0, 0.1) is 0 Å². The van der Waals surface area contributed by atoms with Crippen molar-refractivity contribution in [3.05, 3.63) is 54.1 Å². The zero-order valence-electron chi connectivity index (χ0n) is 10.5. The standard InChI is InChI=1S/C15H17BO2/c1-2-3-12-4-6-13(7-5-12)14-8-10-15(11-9-14)16(17)18/h4-11,17-18H,2-3H2,1H3. The fourth-order valence-corrected chi connectivity index (χ4v) is 2.00. The van der Waals surface area contributed by atoms with Crippen LogP contribution in [0.3, 0.4) is 0 Å². The lowest BCUT2D eigenvalue weighted by Gasteiger charge is -2.05. The Bertz CT molecular complexity index is 489. The minimum Gasteiger partial charge on any atom is -0.423 e. The van der Waals surface area contributed by atoms with Crippen LogP contribution in [0.1, 0.15) is 18.9 Å². The fourth-order valence-electron chi connectivity index (χ4n) is 2.00. The van der Waals surface area contributed by atoms with E-state index < -0.39 is 7.12 Å². The summed E-state index contributed by atoms with van der Waals surface area (Å²) in [6.07, 6.45) is 2.26. The third kappa shape index (κ3) is 3.00. The summed E-state index contributed by atoms with van der Waals surface area (Å²) in [5.41, 5.74) is 4.10. The normalized spacial score (nSPS) is 10.4. The van der Waals surface area contributed by atoms with Gasteiger partial charge in [0.05, 0.1) is 0 Å². The van der Waals surface area contributed by atoms with Crippen molar-refractivity contribution in [1.29, 1.82) is 0 Å². The molecule has 0 radical (unpaired) electrons. The Balaban J connectivity index is 2.20. The maximum atomic E-state index is 9.04. The molecule has 0 aliphatic carbocycles. The minimum absolute atomic E-state index is 0.515. The van der Waals surface area contributed by atoms with Gasteiger partial charge in [-0.05, 0) is 28.6 Å². The van der Waals surface area contributed by atoms with Gasteiger partial charge in [0.1, 0.15) is 0 Å². The van der Waals surface area contributed by atoms with Gasteiger partial charge in [0.25, 0.3) is 0 Å². The Labute approximate surface area is 108 Å². The number of aryl methyl sites for hydroxylation is 1. The summed E-state index contributed by atoms with van der Waals surface area (Å²) in [5, 5.41) is 18.1. The molecule has 2 aromatic carbocycles. The van der Waals surface area contributed by atoms with Crippen molar-refractivity contribution in [2.45, 2.75) is 19.8 Å². The molecule has 0 bridgehead atoms. The molecule has 0 unspecified atom stereocenters. The quantitative estimate of drug-likeness (QED) is 0.802. The van der Waals surface area contributed by atoms with Crippen molar-refractivity contribution in [1.82, 2.24) is 0 Å². The monoisotopic (exact) mass is 240 g/mol. The van der Waals surface area contributed by atoms with Crippen LogP contribution < -0.4 is 5.46 Å². The van der Waals surface area contributed by atoms with Crippen molar-refractivity contribution < 1.29 is 10.0 Å². The Kier molecular flexibility index (Phi) is 4.18. The van der Waals surface area contributed by atoms with Gasteiger partial charge < -0.3 is 10.0 Å². The Hall–Kier alpha value is -1.58. The third-order valence-electron chi connectivity index (χ3n) is 3.03. The Morgan fingerprint density at radius 1 is 0.833 bits per heavy atom. The van der Waals surface area contributed by atoms with Crippen LogP contribution in [0.15, 0.2) is 48.5 Å². The number of hydrogen-bond donors (Lipinski definition) is 2. The lowest BCUT2D eigenvalue weighted by molar-refractivity contribution is 0.426. The zero-order valence-corrected chi connectivity index (χ0v) is 10.5. The van der Waals surface area contributed by atoms with Crippen molar-refractivity contribution in [3.63, 3.8) is 0 Å². The molecule has 0 aliphatic rings. The molecule has 0 heterocycles. The second kappa shape index (κ2) is 5.85. The fraction of sp³-hybridized carbons (Fsp3) is 0.200. The van der Waals surface area contributed by atoms with E-state index in [1.54, 1.807) is 12.1 Å². The molecule has 0 aliphatic heterocycles. The molecule has 0 spiro atoms. The summed E-state index contributed by atoms with van der Waals surface area (Å²) < 4.78 is 0. The summed E-state index contributed by atoms with van der Waals surface area (Å²) in [7, 11) is -1.40. The summed E-state index contributed by atoms with van der Waals surface area (Å²) in [6.45, 7) is 2.17. The van der Waals surface area contributed by atoms with Gasteiger partial charge in [-0.25, -0.2) is 0 Å². The van der Waals surface area contributed by atoms with Gasteiger partial charge in [-0.2, -0.15) is 0 Å². The predicted octanol–water partition coefficient (Wildman–Crippen LogP) is 1.99. The highest BCUT2D eigenvalue weighted by molar-refractivity contribution is 6.58. The van der Waals surface area contributed by atoms with Crippen molar-refractivity contribution in [2.75, 3.05) is 0 Å². The van der Waals surface area contributed by atoms with E-state index in [1.165, 1.54) is 5.56 Å². The van der Waals surface area contributed by atoms with E-state index in [2.05, 4.69) is 31.2 Å². The number of rotatable bonds is 4. The molecule has 0 atom stereocenters. The summed E-state index contributed by atoms with van der Waals surface area (Å²) in [5.74, 6) is 0. The van der Waals surface area contributed by atoms with Crippen LogP contribution in [0.25, 0.3) is 11.1 Å². The van der Waals surface area contributed by atoms with Gasteiger partial charge in [-0.3, -0.25) is 0 Å². The highest BCUT2D eigenvalue weighted by Crippen LogP contribution is 2.19. The highest BCUT2D eigenvalue weighted by Gasteiger charge is 2.09. The Morgan fingerprint density at radius 3 is 1.78 bits per heavy atom. The summed E-state index contributed by atoms with van der Waals surface area (Å²) in [6, 6.07) is 15.8. The Morgan fingerprint density at radius 2 is 1.33 bits per heavy atom. The molecule has 2 nitrogen and oxygen atoms in total. The van der Waals surface area contributed by atoms with E-state index in [1.807, 2.05) is 12.1 Å². The SMILES string of the molecule is CCCc1ccc(-c2ccc(B(O)O)cc2)cc1. The molecule has 0 aromatic heterocycles. The zero-order chi connectivity index (χ0) is 13.0. The largest absolute Gasteiger partial charge is 0.488 e. The smallest absolute Gasteiger partial charge is 0.423 e. The molecular weight excluding hydrogens is 223 g/mol.